The fourth-order valence-electron chi connectivity index (χ4n) is 4.01. The first-order valence-corrected chi connectivity index (χ1v) is 10.9. The van der Waals surface area contributed by atoms with Gasteiger partial charge in [-0.15, -0.1) is 0 Å². The summed E-state index contributed by atoms with van der Waals surface area (Å²) in [6.07, 6.45) is 2.53. The molecule has 2 heterocycles. The average molecular weight is 431 g/mol. The first-order chi connectivity index (χ1) is 14.7. The summed E-state index contributed by atoms with van der Waals surface area (Å²) in [6.45, 7) is 9.64. The number of imidazole rings is 1. The molecule has 1 N–H and O–H groups in total. The number of methoxy groups -OCH3 is 1. The van der Waals surface area contributed by atoms with Crippen LogP contribution in [0, 0.1) is 6.92 Å². The Morgan fingerprint density at radius 1 is 1.26 bits per heavy atom. The second kappa shape index (κ2) is 9.58. The number of ether oxygens (including phenoxy) is 2. The van der Waals surface area contributed by atoms with E-state index in [0.29, 0.717) is 25.9 Å². The second-order valence-electron chi connectivity index (χ2n) is 9.10. The lowest BCUT2D eigenvalue weighted by Gasteiger charge is -2.40. The molecule has 8 heteroatoms. The van der Waals surface area contributed by atoms with Crippen molar-refractivity contribution < 1.29 is 19.1 Å². The zero-order valence-electron chi connectivity index (χ0n) is 19.2. The van der Waals surface area contributed by atoms with E-state index in [2.05, 4.69) is 27.0 Å². The van der Waals surface area contributed by atoms with Crippen molar-refractivity contribution in [1.82, 2.24) is 14.9 Å². The molecule has 1 aliphatic heterocycles. The largest absolute Gasteiger partial charge is 0.469 e. The third kappa shape index (κ3) is 6.12. The van der Waals surface area contributed by atoms with Crippen LogP contribution in [-0.2, 0) is 14.3 Å². The lowest BCUT2D eigenvalue weighted by molar-refractivity contribution is -0.140. The predicted molar refractivity (Wildman–Crippen MR) is 120 cm³/mol. The standard InChI is InChI=1S/C23H34N4O4/c1-16-24-19-9-8-18(15-20(19)25-16)27(12-6-7-21(28)30-5)17-10-13-26(14-11-17)22(29)31-23(2,3)4/h8-9,15,17H,6-7,10-14H2,1-5H3,(H,24,25). The molecule has 1 saturated heterocycles. The summed E-state index contributed by atoms with van der Waals surface area (Å²) in [7, 11) is 1.42. The van der Waals surface area contributed by atoms with Gasteiger partial charge in [0.1, 0.15) is 11.4 Å². The van der Waals surface area contributed by atoms with Crippen molar-refractivity contribution in [2.75, 3.05) is 31.6 Å². The smallest absolute Gasteiger partial charge is 0.410 e. The fourth-order valence-corrected chi connectivity index (χ4v) is 4.01. The summed E-state index contributed by atoms with van der Waals surface area (Å²) in [5.41, 5.74) is 2.54. The molecule has 1 aromatic heterocycles. The van der Waals surface area contributed by atoms with Crippen LogP contribution in [0.5, 0.6) is 0 Å². The Bertz CT molecular complexity index is 910. The van der Waals surface area contributed by atoms with Crippen molar-refractivity contribution in [3.63, 3.8) is 0 Å². The Labute approximate surface area is 183 Å². The third-order valence-electron chi connectivity index (χ3n) is 5.48. The van der Waals surface area contributed by atoms with Crippen LogP contribution in [0.25, 0.3) is 11.0 Å². The van der Waals surface area contributed by atoms with E-state index in [1.54, 1.807) is 4.90 Å². The van der Waals surface area contributed by atoms with Gasteiger partial charge in [0.2, 0.25) is 0 Å². The normalized spacial score (nSPS) is 15.2. The van der Waals surface area contributed by atoms with Crippen LogP contribution < -0.4 is 4.90 Å². The number of aryl methyl sites for hydroxylation is 1. The van der Waals surface area contributed by atoms with Gasteiger partial charge in [0, 0.05) is 37.8 Å². The Morgan fingerprint density at radius 2 is 1.97 bits per heavy atom. The minimum Gasteiger partial charge on any atom is -0.469 e. The number of nitrogens with one attached hydrogen (secondary N) is 1. The SMILES string of the molecule is COC(=O)CCCN(c1ccc2nc(C)[nH]c2c1)C1CCN(C(=O)OC(C)(C)C)CC1. The highest BCUT2D eigenvalue weighted by Gasteiger charge is 2.30. The molecular formula is C23H34N4O4. The van der Waals surface area contributed by atoms with Crippen molar-refractivity contribution in [2.45, 2.75) is 65.0 Å². The van der Waals surface area contributed by atoms with Gasteiger partial charge in [-0.2, -0.15) is 0 Å². The number of aromatic nitrogens is 2. The van der Waals surface area contributed by atoms with Crippen LogP contribution in [0.2, 0.25) is 0 Å². The number of H-pyrrole nitrogens is 1. The molecule has 2 aromatic rings. The highest BCUT2D eigenvalue weighted by Crippen LogP contribution is 2.27. The molecule has 0 bridgehead atoms. The van der Waals surface area contributed by atoms with E-state index in [4.69, 9.17) is 9.47 Å². The van der Waals surface area contributed by atoms with Crippen LogP contribution in [0.15, 0.2) is 18.2 Å². The van der Waals surface area contributed by atoms with Crippen molar-refractivity contribution >= 4 is 28.8 Å². The van der Waals surface area contributed by atoms with Gasteiger partial charge in [-0.1, -0.05) is 0 Å². The summed E-state index contributed by atoms with van der Waals surface area (Å²) in [4.78, 5) is 36.0. The van der Waals surface area contributed by atoms with Gasteiger partial charge in [-0.3, -0.25) is 4.79 Å². The van der Waals surface area contributed by atoms with E-state index >= 15 is 0 Å². The van der Waals surface area contributed by atoms with E-state index in [0.717, 1.165) is 41.9 Å². The number of rotatable bonds is 6. The number of benzene rings is 1. The number of carbonyl (C=O) groups excluding carboxylic acids is 2. The summed E-state index contributed by atoms with van der Waals surface area (Å²) in [6, 6.07) is 6.50. The lowest BCUT2D eigenvalue weighted by Crippen LogP contribution is -2.48. The number of hydrogen-bond acceptors (Lipinski definition) is 6. The Kier molecular flexibility index (Phi) is 7.08. The second-order valence-corrected chi connectivity index (χ2v) is 9.10. The quantitative estimate of drug-likeness (QED) is 0.696. The third-order valence-corrected chi connectivity index (χ3v) is 5.48. The summed E-state index contributed by atoms with van der Waals surface area (Å²) < 4.78 is 10.3. The molecule has 8 nitrogen and oxygen atoms in total. The van der Waals surface area contributed by atoms with Crippen molar-refractivity contribution in [2.24, 2.45) is 0 Å². The van der Waals surface area contributed by atoms with Gasteiger partial charge < -0.3 is 24.3 Å². The maximum absolute atomic E-state index is 12.4. The molecular weight excluding hydrogens is 396 g/mol. The van der Waals surface area contributed by atoms with Gasteiger partial charge in [0.05, 0.1) is 18.1 Å². The van der Waals surface area contributed by atoms with Crippen LogP contribution in [0.1, 0.15) is 52.3 Å². The van der Waals surface area contributed by atoms with E-state index < -0.39 is 5.60 Å². The number of aromatic amines is 1. The van der Waals surface area contributed by atoms with Crippen molar-refractivity contribution in [3.05, 3.63) is 24.0 Å². The average Bonchev–Trinajstić information content (AvgIpc) is 3.09. The topological polar surface area (TPSA) is 87.8 Å². The van der Waals surface area contributed by atoms with Crippen LogP contribution in [-0.4, -0.2) is 65.3 Å². The number of hydrogen-bond donors (Lipinski definition) is 1. The molecule has 1 amide bonds. The maximum Gasteiger partial charge on any atom is 0.410 e. The number of nitrogens with zero attached hydrogens (tertiary/aromatic N) is 3. The van der Waals surface area contributed by atoms with E-state index in [9.17, 15) is 9.59 Å². The number of amides is 1. The molecule has 1 aliphatic rings. The first-order valence-electron chi connectivity index (χ1n) is 10.9. The highest BCUT2D eigenvalue weighted by atomic mass is 16.6. The molecule has 170 valence electrons. The maximum atomic E-state index is 12.4. The molecule has 0 atom stereocenters. The van der Waals surface area contributed by atoms with Gasteiger partial charge in [0.25, 0.3) is 0 Å². The van der Waals surface area contributed by atoms with E-state index in [-0.39, 0.29) is 18.1 Å². The summed E-state index contributed by atoms with van der Waals surface area (Å²) >= 11 is 0. The van der Waals surface area contributed by atoms with Gasteiger partial charge >= 0.3 is 12.1 Å². The number of carbonyl (C=O) groups is 2. The summed E-state index contributed by atoms with van der Waals surface area (Å²) in [5, 5.41) is 0. The summed E-state index contributed by atoms with van der Waals surface area (Å²) in [5.74, 6) is 0.689. The van der Waals surface area contributed by atoms with Gasteiger partial charge in [-0.05, 0) is 65.2 Å². The van der Waals surface area contributed by atoms with Crippen LogP contribution in [0.3, 0.4) is 0 Å². The molecule has 0 spiro atoms. The van der Waals surface area contributed by atoms with E-state index in [1.807, 2.05) is 33.8 Å². The monoisotopic (exact) mass is 430 g/mol. The molecule has 31 heavy (non-hydrogen) atoms. The Morgan fingerprint density at radius 3 is 2.61 bits per heavy atom. The lowest BCUT2D eigenvalue weighted by atomic mass is 10.0. The number of likely N-dealkylation sites (tertiary alicyclic amines) is 1. The molecule has 0 saturated carbocycles. The predicted octanol–water partition coefficient (Wildman–Crippen LogP) is 4.03. The number of piperidine rings is 1. The molecule has 0 unspecified atom stereocenters. The molecule has 0 radical (unpaired) electrons. The van der Waals surface area contributed by atoms with Gasteiger partial charge in [0.15, 0.2) is 0 Å². The molecule has 1 aromatic carbocycles. The zero-order valence-corrected chi connectivity index (χ0v) is 19.2. The van der Waals surface area contributed by atoms with Crippen LogP contribution >= 0.6 is 0 Å². The minimum absolute atomic E-state index is 0.195. The number of fused-ring (bicyclic) bond motifs is 1. The first kappa shape index (κ1) is 22.9. The Balaban J connectivity index is 1.72. The van der Waals surface area contributed by atoms with Crippen LogP contribution in [0.4, 0.5) is 10.5 Å². The number of anilines is 1. The van der Waals surface area contributed by atoms with Gasteiger partial charge in [-0.25, -0.2) is 9.78 Å². The molecule has 1 fully saturated rings. The zero-order chi connectivity index (χ0) is 22.6. The minimum atomic E-state index is -0.495. The van der Waals surface area contributed by atoms with Crippen molar-refractivity contribution in [1.29, 1.82) is 0 Å². The number of esters is 1. The molecule has 3 rings (SSSR count). The fraction of sp³-hybridized carbons (Fsp3) is 0.609. The highest BCUT2D eigenvalue weighted by molar-refractivity contribution is 5.80. The van der Waals surface area contributed by atoms with Crippen molar-refractivity contribution in [3.8, 4) is 0 Å². The Hall–Kier alpha value is -2.77. The van der Waals surface area contributed by atoms with E-state index in [1.165, 1.54) is 7.11 Å². The molecule has 0 aliphatic carbocycles.